The Morgan fingerprint density at radius 2 is 1.65 bits per heavy atom. The molecule has 0 aliphatic heterocycles. The van der Waals surface area contributed by atoms with Gasteiger partial charge in [0.1, 0.15) is 0 Å². The lowest BCUT2D eigenvalue weighted by atomic mass is 9.86. The van der Waals surface area contributed by atoms with Gasteiger partial charge in [-0.2, -0.15) is 0 Å². The predicted octanol–water partition coefficient (Wildman–Crippen LogP) is 3.67. The Balaban J connectivity index is 2.78. The second kappa shape index (κ2) is 6.17. The Kier molecular flexibility index (Phi) is 5.25. The van der Waals surface area contributed by atoms with Gasteiger partial charge in [0.2, 0.25) is 5.91 Å². The highest BCUT2D eigenvalue weighted by Gasteiger charge is 2.35. The van der Waals surface area contributed by atoms with Crippen LogP contribution in [-0.4, -0.2) is 22.2 Å². The van der Waals surface area contributed by atoms with E-state index in [4.69, 9.17) is 23.2 Å². The van der Waals surface area contributed by atoms with E-state index in [1.165, 1.54) is 6.08 Å². The molecule has 0 fully saturated rings. The first-order valence-corrected chi connectivity index (χ1v) is 6.95. The first kappa shape index (κ1) is 17.0. The van der Waals surface area contributed by atoms with Crippen LogP contribution < -0.4 is 5.32 Å². The van der Waals surface area contributed by atoms with Gasteiger partial charge in [-0.15, -0.1) is 0 Å². The van der Waals surface area contributed by atoms with Crippen molar-refractivity contribution in [2.45, 2.75) is 38.8 Å². The normalized spacial score (nSPS) is 12.8. The molecular formula is C15H19Cl2NO2. The van der Waals surface area contributed by atoms with Crippen molar-refractivity contribution >= 4 is 35.2 Å². The topological polar surface area (TPSA) is 49.3 Å². The van der Waals surface area contributed by atoms with E-state index in [0.29, 0.717) is 10.0 Å². The fraction of sp³-hybridized carbons (Fsp3) is 0.400. The van der Waals surface area contributed by atoms with Gasteiger partial charge in [0.05, 0.1) is 11.1 Å². The molecule has 0 atom stereocenters. The number of hydrogen-bond acceptors (Lipinski definition) is 2. The smallest absolute Gasteiger partial charge is 0.244 e. The summed E-state index contributed by atoms with van der Waals surface area (Å²) >= 11 is 11.8. The molecule has 5 heteroatoms. The number of rotatable bonds is 4. The summed E-state index contributed by atoms with van der Waals surface area (Å²) in [5.41, 5.74) is -1.05. The van der Waals surface area contributed by atoms with Crippen LogP contribution in [0.4, 0.5) is 0 Å². The van der Waals surface area contributed by atoms with E-state index in [9.17, 15) is 9.90 Å². The maximum Gasteiger partial charge on any atom is 0.244 e. The van der Waals surface area contributed by atoms with E-state index in [1.54, 1.807) is 52.0 Å². The first-order valence-electron chi connectivity index (χ1n) is 6.20. The van der Waals surface area contributed by atoms with Crippen LogP contribution in [0.2, 0.25) is 10.0 Å². The molecule has 0 heterocycles. The van der Waals surface area contributed by atoms with E-state index in [2.05, 4.69) is 5.32 Å². The molecule has 0 unspecified atom stereocenters. The number of amides is 1. The summed E-state index contributed by atoms with van der Waals surface area (Å²) in [5.74, 6) is -0.298. The second-order valence-corrected chi connectivity index (χ2v) is 6.58. The average molecular weight is 316 g/mol. The highest BCUT2D eigenvalue weighted by atomic mass is 35.5. The molecule has 110 valence electrons. The molecule has 0 aromatic heterocycles. The van der Waals surface area contributed by atoms with E-state index in [-0.39, 0.29) is 5.91 Å². The van der Waals surface area contributed by atoms with E-state index in [1.807, 2.05) is 0 Å². The quantitative estimate of drug-likeness (QED) is 0.833. The van der Waals surface area contributed by atoms with Crippen molar-refractivity contribution in [2.75, 3.05) is 0 Å². The fourth-order valence-corrected chi connectivity index (χ4v) is 1.89. The number of nitrogens with one attached hydrogen (secondary N) is 1. The van der Waals surface area contributed by atoms with Crippen LogP contribution in [0.1, 0.15) is 33.3 Å². The Morgan fingerprint density at radius 1 is 1.15 bits per heavy atom. The van der Waals surface area contributed by atoms with Gasteiger partial charge in [-0.3, -0.25) is 4.79 Å². The third-order valence-corrected chi connectivity index (χ3v) is 3.71. The Morgan fingerprint density at radius 3 is 2.10 bits per heavy atom. The van der Waals surface area contributed by atoms with Crippen molar-refractivity contribution in [1.82, 2.24) is 5.32 Å². The van der Waals surface area contributed by atoms with Crippen molar-refractivity contribution < 1.29 is 9.90 Å². The zero-order chi connectivity index (χ0) is 15.6. The molecule has 0 aliphatic carbocycles. The number of hydrogen-bond donors (Lipinski definition) is 2. The fourth-order valence-electron chi connectivity index (χ4n) is 1.35. The minimum Gasteiger partial charge on any atom is -0.388 e. The lowest BCUT2D eigenvalue weighted by Crippen LogP contribution is -2.57. The highest BCUT2D eigenvalue weighted by Crippen LogP contribution is 2.21. The molecule has 1 aromatic carbocycles. The van der Waals surface area contributed by atoms with Gasteiger partial charge in [-0.05, 0) is 57.5 Å². The van der Waals surface area contributed by atoms with Crippen LogP contribution in [0.5, 0.6) is 0 Å². The molecule has 0 aliphatic rings. The molecule has 1 amide bonds. The Hall–Kier alpha value is -1.03. The zero-order valence-corrected chi connectivity index (χ0v) is 13.5. The van der Waals surface area contributed by atoms with Crippen LogP contribution in [0.15, 0.2) is 24.3 Å². The molecule has 2 N–H and O–H groups in total. The SMILES string of the molecule is CC(C)(O)C(C)(C)NC(=O)/C=C/c1cc(Cl)cc(Cl)c1. The summed E-state index contributed by atoms with van der Waals surface area (Å²) < 4.78 is 0. The summed E-state index contributed by atoms with van der Waals surface area (Å²) in [4.78, 5) is 11.9. The standard InChI is InChI=1S/C15H19Cl2NO2/c1-14(2,15(3,4)20)18-13(19)6-5-10-7-11(16)9-12(17)8-10/h5-9,20H,1-4H3,(H,18,19)/b6-5+. The molecule has 0 saturated heterocycles. The number of aliphatic hydroxyl groups is 1. The number of carbonyl (C=O) groups is 1. The number of carbonyl (C=O) groups excluding carboxylic acids is 1. The minimum absolute atomic E-state index is 0.298. The van der Waals surface area contributed by atoms with Crippen molar-refractivity contribution in [2.24, 2.45) is 0 Å². The van der Waals surface area contributed by atoms with E-state index in [0.717, 1.165) is 5.56 Å². The molecule has 20 heavy (non-hydrogen) atoms. The summed E-state index contributed by atoms with van der Waals surface area (Å²) in [6.45, 7) is 6.81. The molecule has 0 bridgehead atoms. The van der Waals surface area contributed by atoms with Gasteiger partial charge in [0, 0.05) is 16.1 Å². The molecule has 0 saturated carbocycles. The van der Waals surface area contributed by atoms with E-state index >= 15 is 0 Å². The lowest BCUT2D eigenvalue weighted by Gasteiger charge is -2.37. The molecule has 0 radical (unpaired) electrons. The number of halogens is 2. The summed E-state index contributed by atoms with van der Waals surface area (Å²) in [5, 5.41) is 13.7. The molecule has 3 nitrogen and oxygen atoms in total. The van der Waals surface area contributed by atoms with Gasteiger partial charge in [-0.1, -0.05) is 23.2 Å². The highest BCUT2D eigenvalue weighted by molar-refractivity contribution is 6.34. The third kappa shape index (κ3) is 4.82. The van der Waals surface area contributed by atoms with Crippen LogP contribution in [0.25, 0.3) is 6.08 Å². The zero-order valence-electron chi connectivity index (χ0n) is 12.0. The average Bonchev–Trinajstić information content (AvgIpc) is 2.22. The van der Waals surface area contributed by atoms with Crippen LogP contribution in [-0.2, 0) is 4.79 Å². The summed E-state index contributed by atoms with van der Waals surface area (Å²) in [6, 6.07) is 5.04. The van der Waals surface area contributed by atoms with E-state index < -0.39 is 11.1 Å². The molecule has 0 spiro atoms. The Labute approximate surface area is 129 Å². The van der Waals surface area contributed by atoms with Crippen LogP contribution in [0, 0.1) is 0 Å². The van der Waals surface area contributed by atoms with Crippen molar-refractivity contribution in [3.8, 4) is 0 Å². The van der Waals surface area contributed by atoms with Gasteiger partial charge < -0.3 is 10.4 Å². The predicted molar refractivity (Wildman–Crippen MR) is 84.0 cm³/mol. The maximum atomic E-state index is 11.9. The monoisotopic (exact) mass is 315 g/mol. The molecule has 1 rings (SSSR count). The van der Waals surface area contributed by atoms with Crippen molar-refractivity contribution in [3.05, 3.63) is 39.9 Å². The van der Waals surface area contributed by atoms with Gasteiger partial charge in [0.15, 0.2) is 0 Å². The van der Waals surface area contributed by atoms with Crippen molar-refractivity contribution in [1.29, 1.82) is 0 Å². The van der Waals surface area contributed by atoms with Gasteiger partial charge in [0.25, 0.3) is 0 Å². The van der Waals surface area contributed by atoms with Crippen molar-refractivity contribution in [3.63, 3.8) is 0 Å². The van der Waals surface area contributed by atoms with Crippen LogP contribution in [0.3, 0.4) is 0 Å². The Bertz CT molecular complexity index is 511. The summed E-state index contributed by atoms with van der Waals surface area (Å²) in [6.07, 6.45) is 3.00. The third-order valence-electron chi connectivity index (χ3n) is 3.28. The largest absolute Gasteiger partial charge is 0.388 e. The maximum absolute atomic E-state index is 11.9. The molecular weight excluding hydrogens is 297 g/mol. The lowest BCUT2D eigenvalue weighted by molar-refractivity contribution is -0.121. The summed E-state index contributed by atoms with van der Waals surface area (Å²) in [7, 11) is 0. The van der Waals surface area contributed by atoms with Gasteiger partial charge in [-0.25, -0.2) is 0 Å². The minimum atomic E-state index is -1.03. The first-order chi connectivity index (χ1) is 9.01. The van der Waals surface area contributed by atoms with Crippen LogP contribution >= 0.6 is 23.2 Å². The molecule has 1 aromatic rings. The van der Waals surface area contributed by atoms with Gasteiger partial charge >= 0.3 is 0 Å². The number of benzene rings is 1. The second-order valence-electron chi connectivity index (χ2n) is 5.71.